The molecule has 1 N–H and O–H groups in total. The summed E-state index contributed by atoms with van der Waals surface area (Å²) in [5, 5.41) is 7.42. The van der Waals surface area contributed by atoms with E-state index in [-0.39, 0.29) is 16.6 Å². The van der Waals surface area contributed by atoms with Gasteiger partial charge in [-0.3, -0.25) is 4.79 Å². The molecule has 0 bridgehead atoms. The van der Waals surface area contributed by atoms with Crippen molar-refractivity contribution in [3.05, 3.63) is 71.3 Å². The van der Waals surface area contributed by atoms with E-state index in [1.165, 1.54) is 28.6 Å². The van der Waals surface area contributed by atoms with Gasteiger partial charge >= 0.3 is 0 Å². The summed E-state index contributed by atoms with van der Waals surface area (Å²) in [7, 11) is -3.50. The van der Waals surface area contributed by atoms with Gasteiger partial charge in [-0.05, 0) is 87.1 Å². The maximum Gasteiger partial charge on any atom is 0.276 e. The summed E-state index contributed by atoms with van der Waals surface area (Å²) >= 11 is 0. The molecule has 0 saturated carbocycles. The zero-order valence-electron chi connectivity index (χ0n) is 18.1. The van der Waals surface area contributed by atoms with Crippen LogP contribution < -0.4 is 5.32 Å². The van der Waals surface area contributed by atoms with Crippen LogP contribution in [0.25, 0.3) is 5.69 Å². The van der Waals surface area contributed by atoms with Gasteiger partial charge in [0.25, 0.3) is 5.91 Å². The first-order valence-electron chi connectivity index (χ1n) is 11.2. The van der Waals surface area contributed by atoms with E-state index in [0.717, 1.165) is 49.8 Å². The van der Waals surface area contributed by atoms with Crippen molar-refractivity contribution in [3.63, 3.8) is 0 Å². The zero-order chi connectivity index (χ0) is 23.0. The van der Waals surface area contributed by atoms with Crippen molar-refractivity contribution in [3.8, 4) is 5.69 Å². The van der Waals surface area contributed by atoms with Crippen molar-refractivity contribution in [1.82, 2.24) is 14.1 Å². The quantitative estimate of drug-likeness (QED) is 0.615. The number of carbonyl (C=O) groups excluding carboxylic acids is 1. The summed E-state index contributed by atoms with van der Waals surface area (Å²) in [6.07, 6.45) is 5.30. The number of nitrogens with zero attached hydrogens (tertiary/aromatic N) is 3. The van der Waals surface area contributed by atoms with Gasteiger partial charge < -0.3 is 5.32 Å². The molecule has 7 nitrogen and oxygen atoms in total. The molecule has 0 unspecified atom stereocenters. The molecule has 1 aliphatic heterocycles. The van der Waals surface area contributed by atoms with Gasteiger partial charge in [-0.2, -0.15) is 9.40 Å². The normalized spacial score (nSPS) is 16.5. The molecule has 0 radical (unpaired) electrons. The van der Waals surface area contributed by atoms with Crippen LogP contribution in [0.5, 0.6) is 0 Å². The monoisotopic (exact) mass is 468 g/mol. The number of rotatable bonds is 5. The van der Waals surface area contributed by atoms with Gasteiger partial charge in [0, 0.05) is 30.0 Å². The van der Waals surface area contributed by atoms with Crippen molar-refractivity contribution >= 4 is 21.6 Å². The summed E-state index contributed by atoms with van der Waals surface area (Å²) in [6, 6.07) is 12.3. The Hall–Kier alpha value is -3.04. The third-order valence-corrected chi connectivity index (χ3v) is 8.19. The number of hydrogen-bond acceptors (Lipinski definition) is 4. The van der Waals surface area contributed by atoms with E-state index in [2.05, 4.69) is 10.4 Å². The SMILES string of the molecule is O=C(Nc1ccc(S(=O)(=O)N2CCCC2)cc1)c1nn(-c2ccc(F)cc2)c2c1CCCC2. The largest absolute Gasteiger partial charge is 0.321 e. The van der Waals surface area contributed by atoms with Gasteiger partial charge in [0.05, 0.1) is 10.6 Å². The van der Waals surface area contributed by atoms with Crippen LogP contribution in [0.15, 0.2) is 53.4 Å². The lowest BCUT2D eigenvalue weighted by molar-refractivity contribution is 0.102. The molecule has 1 amide bonds. The summed E-state index contributed by atoms with van der Waals surface area (Å²) in [5.41, 5.74) is 3.45. The number of benzene rings is 2. The van der Waals surface area contributed by atoms with Crippen molar-refractivity contribution in [2.45, 2.75) is 43.4 Å². The summed E-state index contributed by atoms with van der Waals surface area (Å²) in [6.45, 7) is 1.09. The number of carbonyl (C=O) groups is 1. The molecule has 2 aromatic carbocycles. The molecule has 2 heterocycles. The zero-order valence-corrected chi connectivity index (χ0v) is 18.9. The summed E-state index contributed by atoms with van der Waals surface area (Å²) in [5.74, 6) is -0.669. The minimum atomic E-state index is -3.50. The molecule has 2 aliphatic rings. The predicted octanol–water partition coefficient (Wildman–Crippen LogP) is 3.93. The molecule has 1 fully saturated rings. The van der Waals surface area contributed by atoms with Gasteiger partial charge in [0.2, 0.25) is 10.0 Å². The number of fused-ring (bicyclic) bond motifs is 1. The number of amides is 1. The highest BCUT2D eigenvalue weighted by Gasteiger charge is 2.28. The summed E-state index contributed by atoms with van der Waals surface area (Å²) in [4.78, 5) is 13.3. The maximum atomic E-state index is 13.4. The second kappa shape index (κ2) is 8.72. The molecule has 0 spiro atoms. The van der Waals surface area contributed by atoms with Crippen molar-refractivity contribution in [2.75, 3.05) is 18.4 Å². The van der Waals surface area contributed by atoms with Crippen molar-refractivity contribution in [1.29, 1.82) is 0 Å². The van der Waals surface area contributed by atoms with E-state index >= 15 is 0 Å². The molecule has 172 valence electrons. The lowest BCUT2D eigenvalue weighted by atomic mass is 9.95. The number of hydrogen-bond donors (Lipinski definition) is 1. The second-order valence-corrected chi connectivity index (χ2v) is 10.4. The van der Waals surface area contributed by atoms with Crippen LogP contribution in [0.1, 0.15) is 47.4 Å². The first kappa shape index (κ1) is 21.8. The van der Waals surface area contributed by atoms with Crippen LogP contribution in [-0.4, -0.2) is 41.5 Å². The van der Waals surface area contributed by atoms with Gasteiger partial charge in [-0.1, -0.05) is 0 Å². The number of anilines is 1. The van der Waals surface area contributed by atoms with Crippen LogP contribution in [0, 0.1) is 5.82 Å². The van der Waals surface area contributed by atoms with Gasteiger partial charge in [-0.25, -0.2) is 17.5 Å². The number of halogens is 1. The van der Waals surface area contributed by atoms with E-state index in [1.807, 2.05) is 0 Å². The Morgan fingerprint density at radius 1 is 0.909 bits per heavy atom. The van der Waals surface area contributed by atoms with E-state index in [4.69, 9.17) is 0 Å². The minimum Gasteiger partial charge on any atom is -0.321 e. The topological polar surface area (TPSA) is 84.3 Å². The Morgan fingerprint density at radius 2 is 1.58 bits per heavy atom. The molecule has 1 saturated heterocycles. The van der Waals surface area contributed by atoms with E-state index in [0.29, 0.717) is 30.2 Å². The second-order valence-electron chi connectivity index (χ2n) is 8.46. The first-order valence-corrected chi connectivity index (χ1v) is 12.7. The lowest BCUT2D eigenvalue weighted by Gasteiger charge is -2.16. The molecule has 3 aromatic rings. The summed E-state index contributed by atoms with van der Waals surface area (Å²) < 4.78 is 42.0. The number of nitrogens with one attached hydrogen (secondary N) is 1. The average molecular weight is 469 g/mol. The highest BCUT2D eigenvalue weighted by molar-refractivity contribution is 7.89. The van der Waals surface area contributed by atoms with Gasteiger partial charge in [0.15, 0.2) is 5.69 Å². The predicted molar refractivity (Wildman–Crippen MR) is 123 cm³/mol. The fourth-order valence-corrected chi connectivity index (χ4v) is 6.07. The van der Waals surface area contributed by atoms with Crippen LogP contribution in [0.3, 0.4) is 0 Å². The highest BCUT2D eigenvalue weighted by atomic mass is 32.2. The van der Waals surface area contributed by atoms with Gasteiger partial charge in [-0.15, -0.1) is 0 Å². The van der Waals surface area contributed by atoms with Gasteiger partial charge in [0.1, 0.15) is 5.82 Å². The lowest BCUT2D eigenvalue weighted by Crippen LogP contribution is -2.27. The Balaban J connectivity index is 1.39. The fraction of sp³-hybridized carbons (Fsp3) is 0.333. The maximum absolute atomic E-state index is 13.4. The average Bonchev–Trinajstić information content (AvgIpc) is 3.49. The van der Waals surface area contributed by atoms with Crippen molar-refractivity contribution in [2.24, 2.45) is 0 Å². The fourth-order valence-electron chi connectivity index (χ4n) is 4.56. The third-order valence-electron chi connectivity index (χ3n) is 6.28. The molecule has 33 heavy (non-hydrogen) atoms. The number of aromatic nitrogens is 2. The Labute approximate surface area is 192 Å². The molecule has 1 aromatic heterocycles. The Bertz CT molecular complexity index is 1280. The standard InChI is InChI=1S/C24H25FN4O3S/c25-17-7-11-19(12-8-17)29-22-6-2-1-5-21(22)23(27-29)24(30)26-18-9-13-20(14-10-18)33(31,32)28-15-3-4-16-28/h7-14H,1-6,15-16H2,(H,26,30). The molecule has 0 atom stereocenters. The smallest absolute Gasteiger partial charge is 0.276 e. The first-order chi connectivity index (χ1) is 15.9. The van der Waals surface area contributed by atoms with Crippen LogP contribution >= 0.6 is 0 Å². The molecule has 1 aliphatic carbocycles. The molecule has 5 rings (SSSR count). The Morgan fingerprint density at radius 3 is 2.27 bits per heavy atom. The minimum absolute atomic E-state index is 0.223. The molecule has 9 heteroatoms. The third kappa shape index (κ3) is 4.18. The van der Waals surface area contributed by atoms with Crippen LogP contribution in [0.2, 0.25) is 0 Å². The molecular weight excluding hydrogens is 443 g/mol. The van der Waals surface area contributed by atoms with Crippen LogP contribution in [-0.2, 0) is 22.9 Å². The van der Waals surface area contributed by atoms with E-state index < -0.39 is 10.0 Å². The van der Waals surface area contributed by atoms with E-state index in [1.54, 1.807) is 28.9 Å². The Kier molecular flexibility index (Phi) is 5.76. The van der Waals surface area contributed by atoms with E-state index in [9.17, 15) is 17.6 Å². The number of sulfonamides is 1. The van der Waals surface area contributed by atoms with Crippen LogP contribution in [0.4, 0.5) is 10.1 Å². The highest BCUT2D eigenvalue weighted by Crippen LogP contribution is 2.28. The van der Waals surface area contributed by atoms with Crippen molar-refractivity contribution < 1.29 is 17.6 Å². The molecular formula is C24H25FN4O3S.